The van der Waals surface area contributed by atoms with Gasteiger partial charge < -0.3 is 4.74 Å². The van der Waals surface area contributed by atoms with Gasteiger partial charge in [0.15, 0.2) is 5.69 Å². The molecule has 2 rings (SSSR count). The Morgan fingerprint density at radius 3 is 2.71 bits per heavy atom. The van der Waals surface area contributed by atoms with Crippen LogP contribution in [0, 0.1) is 13.8 Å². The molecule has 0 aliphatic heterocycles. The molecule has 0 spiro atoms. The van der Waals surface area contributed by atoms with Crippen molar-refractivity contribution in [3.63, 3.8) is 0 Å². The Labute approximate surface area is 130 Å². The number of nitrogens with zero attached hydrogens (tertiary/aromatic N) is 3. The molecule has 0 unspecified atom stereocenters. The minimum atomic E-state index is -0.471. The summed E-state index contributed by atoms with van der Waals surface area (Å²) in [6.07, 6.45) is 1.52. The number of aryl methyl sites for hydroxylation is 2. The fourth-order valence-electron chi connectivity index (χ4n) is 1.83. The van der Waals surface area contributed by atoms with Gasteiger partial charge in [0.25, 0.3) is 5.91 Å². The topological polar surface area (TPSA) is 95.1 Å². The molecule has 0 bridgehead atoms. The fraction of sp³-hybridized carbons (Fsp3) is 0.308. The quantitative estimate of drug-likeness (QED) is 0.480. The molecule has 2 aromatic rings. The van der Waals surface area contributed by atoms with Crippen LogP contribution in [-0.4, -0.2) is 27.5 Å². The zero-order chi connectivity index (χ0) is 15.4. The molecule has 1 heterocycles. The average molecular weight is 354 g/mol. The molecule has 0 atom stereocenters. The standard InChI is InChI=1S/C13H16BrN5O2/c1-8-5-10(6-9(2)12(8)14)21-4-3-19-7-11(17-18-19)13(20)16-15/h5-7H,3-4,15H2,1-2H3,(H,16,20). The lowest BCUT2D eigenvalue weighted by atomic mass is 10.1. The van der Waals surface area contributed by atoms with Gasteiger partial charge in [0.05, 0.1) is 12.7 Å². The Bertz CT molecular complexity index is 633. The van der Waals surface area contributed by atoms with Crippen LogP contribution in [0.3, 0.4) is 0 Å². The van der Waals surface area contributed by atoms with Crippen molar-refractivity contribution in [2.45, 2.75) is 20.4 Å². The molecule has 0 saturated carbocycles. The molecule has 112 valence electrons. The first-order chi connectivity index (χ1) is 10.0. The highest BCUT2D eigenvalue weighted by molar-refractivity contribution is 9.10. The first kappa shape index (κ1) is 15.5. The van der Waals surface area contributed by atoms with Gasteiger partial charge in [-0.15, -0.1) is 5.10 Å². The Balaban J connectivity index is 1.92. The number of benzene rings is 1. The van der Waals surface area contributed by atoms with E-state index >= 15 is 0 Å². The lowest BCUT2D eigenvalue weighted by Gasteiger charge is -2.10. The minimum Gasteiger partial charge on any atom is -0.492 e. The molecule has 0 saturated heterocycles. The number of hydrogen-bond donors (Lipinski definition) is 2. The van der Waals surface area contributed by atoms with E-state index in [1.165, 1.54) is 10.9 Å². The number of rotatable bonds is 5. The van der Waals surface area contributed by atoms with Crippen LogP contribution in [0.1, 0.15) is 21.6 Å². The van der Waals surface area contributed by atoms with Gasteiger partial charge in [0, 0.05) is 4.47 Å². The van der Waals surface area contributed by atoms with Crippen molar-refractivity contribution in [1.82, 2.24) is 20.4 Å². The summed E-state index contributed by atoms with van der Waals surface area (Å²) >= 11 is 3.52. The number of hydrogen-bond acceptors (Lipinski definition) is 5. The van der Waals surface area contributed by atoms with E-state index in [0.717, 1.165) is 21.3 Å². The SMILES string of the molecule is Cc1cc(OCCn2cc(C(=O)NN)nn2)cc(C)c1Br. The fourth-order valence-corrected chi connectivity index (χ4v) is 2.06. The highest BCUT2D eigenvalue weighted by Crippen LogP contribution is 2.26. The van der Waals surface area contributed by atoms with Gasteiger partial charge in [-0.3, -0.25) is 10.2 Å². The predicted octanol–water partition coefficient (Wildman–Crippen LogP) is 1.34. The van der Waals surface area contributed by atoms with Crippen molar-refractivity contribution in [2.75, 3.05) is 6.61 Å². The Kier molecular flexibility index (Phi) is 4.92. The van der Waals surface area contributed by atoms with Gasteiger partial charge >= 0.3 is 0 Å². The van der Waals surface area contributed by atoms with Gasteiger partial charge in [-0.25, -0.2) is 10.5 Å². The van der Waals surface area contributed by atoms with Crippen LogP contribution >= 0.6 is 15.9 Å². The lowest BCUT2D eigenvalue weighted by Crippen LogP contribution is -2.30. The molecule has 21 heavy (non-hydrogen) atoms. The molecule has 1 aromatic carbocycles. The van der Waals surface area contributed by atoms with Gasteiger partial charge in [-0.05, 0) is 37.1 Å². The average Bonchev–Trinajstić information content (AvgIpc) is 2.92. The van der Waals surface area contributed by atoms with Crippen LogP contribution in [0.5, 0.6) is 5.75 Å². The van der Waals surface area contributed by atoms with Crippen LogP contribution in [0.25, 0.3) is 0 Å². The molecule has 0 radical (unpaired) electrons. The third-order valence-electron chi connectivity index (χ3n) is 2.90. The largest absolute Gasteiger partial charge is 0.492 e. The van der Waals surface area contributed by atoms with Crippen LogP contribution in [0.2, 0.25) is 0 Å². The Morgan fingerprint density at radius 1 is 1.43 bits per heavy atom. The van der Waals surface area contributed by atoms with Crippen molar-refractivity contribution in [3.8, 4) is 5.75 Å². The number of amides is 1. The van der Waals surface area contributed by atoms with E-state index in [0.29, 0.717) is 13.2 Å². The molecule has 7 nitrogen and oxygen atoms in total. The van der Waals surface area contributed by atoms with E-state index in [-0.39, 0.29) is 5.69 Å². The minimum absolute atomic E-state index is 0.174. The smallest absolute Gasteiger partial charge is 0.287 e. The summed E-state index contributed by atoms with van der Waals surface area (Å²) in [5.74, 6) is 5.35. The maximum absolute atomic E-state index is 11.2. The third-order valence-corrected chi connectivity index (χ3v) is 4.15. The lowest BCUT2D eigenvalue weighted by molar-refractivity contribution is 0.0948. The van der Waals surface area contributed by atoms with Crippen LogP contribution in [0.4, 0.5) is 0 Å². The molecule has 0 aliphatic rings. The van der Waals surface area contributed by atoms with E-state index in [9.17, 15) is 4.79 Å². The molecule has 1 amide bonds. The summed E-state index contributed by atoms with van der Waals surface area (Å²) < 4.78 is 8.31. The number of carbonyl (C=O) groups is 1. The second-order valence-corrected chi connectivity index (χ2v) is 5.35. The van der Waals surface area contributed by atoms with Crippen molar-refractivity contribution in [3.05, 3.63) is 39.6 Å². The van der Waals surface area contributed by atoms with Crippen molar-refractivity contribution >= 4 is 21.8 Å². The molecule has 1 aromatic heterocycles. The number of aromatic nitrogens is 3. The molecule has 0 aliphatic carbocycles. The third kappa shape index (κ3) is 3.79. The highest BCUT2D eigenvalue weighted by Gasteiger charge is 2.09. The maximum Gasteiger partial charge on any atom is 0.287 e. The monoisotopic (exact) mass is 353 g/mol. The number of ether oxygens (including phenoxy) is 1. The predicted molar refractivity (Wildman–Crippen MR) is 80.8 cm³/mol. The second-order valence-electron chi connectivity index (χ2n) is 4.56. The Hall–Kier alpha value is -1.93. The number of nitrogens with one attached hydrogen (secondary N) is 1. The van der Waals surface area contributed by atoms with Gasteiger partial charge in [-0.2, -0.15) is 0 Å². The van der Waals surface area contributed by atoms with E-state index in [4.69, 9.17) is 10.6 Å². The van der Waals surface area contributed by atoms with E-state index < -0.39 is 5.91 Å². The number of hydrazine groups is 1. The van der Waals surface area contributed by atoms with E-state index in [1.54, 1.807) is 0 Å². The number of nitrogen functional groups attached to an aromatic ring is 1. The number of halogens is 1. The molecule has 0 fully saturated rings. The highest BCUT2D eigenvalue weighted by atomic mass is 79.9. The summed E-state index contributed by atoms with van der Waals surface area (Å²) in [5.41, 5.74) is 4.41. The normalized spacial score (nSPS) is 10.5. The summed E-state index contributed by atoms with van der Waals surface area (Å²) in [6.45, 7) is 4.94. The van der Waals surface area contributed by atoms with Gasteiger partial charge in [0.2, 0.25) is 0 Å². The second kappa shape index (κ2) is 6.68. The van der Waals surface area contributed by atoms with Gasteiger partial charge in [-0.1, -0.05) is 21.1 Å². The van der Waals surface area contributed by atoms with Crippen LogP contribution in [0.15, 0.2) is 22.8 Å². The molecular weight excluding hydrogens is 338 g/mol. The maximum atomic E-state index is 11.2. The summed E-state index contributed by atoms with van der Waals surface area (Å²) in [7, 11) is 0. The molecular formula is C13H16BrN5O2. The first-order valence-corrected chi connectivity index (χ1v) is 7.11. The zero-order valence-corrected chi connectivity index (χ0v) is 13.3. The van der Waals surface area contributed by atoms with Crippen LogP contribution < -0.4 is 16.0 Å². The van der Waals surface area contributed by atoms with Crippen molar-refractivity contribution < 1.29 is 9.53 Å². The van der Waals surface area contributed by atoms with Crippen molar-refractivity contribution in [2.24, 2.45) is 5.84 Å². The van der Waals surface area contributed by atoms with Crippen molar-refractivity contribution in [1.29, 1.82) is 0 Å². The summed E-state index contributed by atoms with van der Waals surface area (Å²) in [5, 5.41) is 7.54. The first-order valence-electron chi connectivity index (χ1n) is 6.32. The number of nitrogens with two attached hydrogens (primary N) is 1. The molecule has 3 N–H and O–H groups in total. The van der Waals surface area contributed by atoms with E-state index in [2.05, 4.69) is 26.2 Å². The zero-order valence-electron chi connectivity index (χ0n) is 11.8. The molecule has 8 heteroatoms. The van der Waals surface area contributed by atoms with E-state index in [1.807, 2.05) is 31.4 Å². The number of carbonyl (C=O) groups excluding carboxylic acids is 1. The van der Waals surface area contributed by atoms with Crippen LogP contribution in [-0.2, 0) is 6.54 Å². The Morgan fingerprint density at radius 2 is 2.10 bits per heavy atom. The summed E-state index contributed by atoms with van der Waals surface area (Å²) in [4.78, 5) is 11.2. The van der Waals surface area contributed by atoms with Gasteiger partial charge in [0.1, 0.15) is 12.4 Å². The summed E-state index contributed by atoms with van der Waals surface area (Å²) in [6, 6.07) is 3.93.